The zero-order valence-corrected chi connectivity index (χ0v) is 10.3. The molecule has 2 aromatic rings. The van der Waals surface area contributed by atoms with Crippen LogP contribution in [0.25, 0.3) is 11.2 Å². The summed E-state index contributed by atoms with van der Waals surface area (Å²) in [6.07, 6.45) is -0.467. The molecule has 3 heterocycles. The number of ether oxygens (including phenoxy) is 1. The number of hydrogen-bond acceptors (Lipinski definition) is 6. The Morgan fingerprint density at radius 2 is 2.32 bits per heavy atom. The van der Waals surface area contributed by atoms with E-state index in [0.717, 1.165) is 0 Å². The molecule has 4 atom stereocenters. The van der Waals surface area contributed by atoms with Crippen molar-refractivity contribution in [1.82, 2.24) is 19.5 Å². The highest BCUT2D eigenvalue weighted by Crippen LogP contribution is 2.34. The van der Waals surface area contributed by atoms with Gasteiger partial charge in [0.2, 0.25) is 0 Å². The quantitative estimate of drug-likeness (QED) is 0.817. The molecule has 1 aliphatic rings. The number of halogens is 1. The molecule has 0 amide bonds. The van der Waals surface area contributed by atoms with Gasteiger partial charge in [-0.25, -0.2) is 19.3 Å². The number of alkyl halides is 1. The van der Waals surface area contributed by atoms with E-state index < -0.39 is 24.6 Å². The summed E-state index contributed by atoms with van der Waals surface area (Å²) < 4.78 is 21.0. The van der Waals surface area contributed by atoms with E-state index in [1.165, 1.54) is 17.2 Å². The van der Waals surface area contributed by atoms with E-state index in [2.05, 4.69) is 15.0 Å². The van der Waals surface area contributed by atoms with Crippen molar-refractivity contribution in [2.24, 2.45) is 0 Å². The van der Waals surface area contributed by atoms with E-state index in [1.807, 2.05) is 0 Å². The number of nitrogen functional groups attached to an aromatic ring is 1. The second-order valence-electron chi connectivity index (χ2n) is 4.64. The van der Waals surface area contributed by atoms with Crippen LogP contribution in [0.2, 0.25) is 0 Å². The summed E-state index contributed by atoms with van der Waals surface area (Å²) in [5, 5.41) is 9.48. The first-order valence-corrected chi connectivity index (χ1v) is 5.98. The minimum absolute atomic E-state index is 0.141. The van der Waals surface area contributed by atoms with Crippen LogP contribution in [0.4, 0.5) is 10.2 Å². The summed E-state index contributed by atoms with van der Waals surface area (Å²) >= 11 is 0. The fourth-order valence-electron chi connectivity index (χ4n) is 2.26. The molecule has 19 heavy (non-hydrogen) atoms. The van der Waals surface area contributed by atoms with Gasteiger partial charge in [-0.15, -0.1) is 0 Å². The highest BCUT2D eigenvalue weighted by molar-refractivity contribution is 5.81. The maximum absolute atomic E-state index is 14.0. The number of nitrogens with two attached hydrogens (primary N) is 1. The number of aliphatic hydroxyl groups excluding tert-OH is 1. The normalized spacial score (nSPS) is 28.9. The van der Waals surface area contributed by atoms with E-state index in [1.54, 1.807) is 6.92 Å². The Kier molecular flexibility index (Phi) is 2.83. The second kappa shape index (κ2) is 4.39. The SMILES string of the molecule is CC(O)C1CC(F)C(n2cnc3c(N)ncnc32)O1. The molecule has 102 valence electrons. The van der Waals surface area contributed by atoms with Crippen molar-refractivity contribution in [3.05, 3.63) is 12.7 Å². The van der Waals surface area contributed by atoms with Gasteiger partial charge in [0.15, 0.2) is 17.7 Å². The molecule has 7 nitrogen and oxygen atoms in total. The van der Waals surface area contributed by atoms with Crippen molar-refractivity contribution >= 4 is 17.0 Å². The molecular formula is C11H14FN5O2. The molecule has 0 spiro atoms. The fraction of sp³-hybridized carbons (Fsp3) is 0.545. The zero-order valence-electron chi connectivity index (χ0n) is 10.3. The molecule has 2 aromatic heterocycles. The lowest BCUT2D eigenvalue weighted by molar-refractivity contribution is -0.0608. The average molecular weight is 267 g/mol. The topological polar surface area (TPSA) is 99.1 Å². The van der Waals surface area contributed by atoms with Gasteiger partial charge in [0, 0.05) is 6.42 Å². The van der Waals surface area contributed by atoms with E-state index in [9.17, 15) is 9.50 Å². The Morgan fingerprint density at radius 3 is 3.00 bits per heavy atom. The van der Waals surface area contributed by atoms with Crippen LogP contribution in [0.1, 0.15) is 19.6 Å². The van der Waals surface area contributed by atoms with Crippen LogP contribution < -0.4 is 5.73 Å². The summed E-state index contributed by atoms with van der Waals surface area (Å²) in [6.45, 7) is 1.58. The molecule has 8 heteroatoms. The first-order valence-electron chi connectivity index (χ1n) is 5.98. The maximum atomic E-state index is 14.0. The second-order valence-corrected chi connectivity index (χ2v) is 4.64. The largest absolute Gasteiger partial charge is 0.391 e. The van der Waals surface area contributed by atoms with Crippen molar-refractivity contribution < 1.29 is 14.2 Å². The molecule has 0 aliphatic carbocycles. The minimum Gasteiger partial charge on any atom is -0.391 e. The van der Waals surface area contributed by atoms with Gasteiger partial charge in [-0.3, -0.25) is 4.57 Å². The summed E-state index contributed by atoms with van der Waals surface area (Å²) in [4.78, 5) is 11.9. The van der Waals surface area contributed by atoms with E-state index in [-0.39, 0.29) is 12.2 Å². The molecule has 3 rings (SSSR count). The summed E-state index contributed by atoms with van der Waals surface area (Å²) in [5.41, 5.74) is 6.52. The Hall–Kier alpha value is -1.80. The average Bonchev–Trinajstić information content (AvgIpc) is 2.93. The molecular weight excluding hydrogens is 253 g/mol. The third kappa shape index (κ3) is 1.92. The van der Waals surface area contributed by atoms with Gasteiger partial charge in [-0.1, -0.05) is 0 Å². The number of fused-ring (bicyclic) bond motifs is 1. The van der Waals surface area contributed by atoms with Crippen LogP contribution in [0.15, 0.2) is 12.7 Å². The monoisotopic (exact) mass is 267 g/mol. The molecule has 0 aromatic carbocycles. The Bertz CT molecular complexity index is 602. The maximum Gasteiger partial charge on any atom is 0.168 e. The standard InChI is InChI=1S/C11H14FN5O2/c1-5(18)7-2-6(12)11(19-7)17-4-16-8-9(13)14-3-15-10(8)17/h3-7,11,18H,2H2,1H3,(H2,13,14,15). The molecule has 1 saturated heterocycles. The van der Waals surface area contributed by atoms with Crippen LogP contribution in [0.5, 0.6) is 0 Å². The van der Waals surface area contributed by atoms with Gasteiger partial charge in [0.1, 0.15) is 18.0 Å². The lowest BCUT2D eigenvalue weighted by Crippen LogP contribution is -2.22. The van der Waals surface area contributed by atoms with Gasteiger partial charge in [-0.05, 0) is 6.92 Å². The number of rotatable bonds is 2. The Morgan fingerprint density at radius 1 is 1.53 bits per heavy atom. The number of nitrogens with zero attached hydrogens (tertiary/aromatic N) is 4. The Balaban J connectivity index is 1.99. The van der Waals surface area contributed by atoms with Gasteiger partial charge < -0.3 is 15.6 Å². The fourth-order valence-corrected chi connectivity index (χ4v) is 2.26. The van der Waals surface area contributed by atoms with Crippen molar-refractivity contribution in [3.63, 3.8) is 0 Å². The van der Waals surface area contributed by atoms with Gasteiger partial charge in [0.05, 0.1) is 18.5 Å². The van der Waals surface area contributed by atoms with E-state index >= 15 is 0 Å². The van der Waals surface area contributed by atoms with Crippen molar-refractivity contribution in [2.45, 2.75) is 38.0 Å². The first-order chi connectivity index (χ1) is 9.08. The van der Waals surface area contributed by atoms with Gasteiger partial charge in [-0.2, -0.15) is 0 Å². The van der Waals surface area contributed by atoms with Crippen LogP contribution >= 0.6 is 0 Å². The third-order valence-electron chi connectivity index (χ3n) is 3.28. The van der Waals surface area contributed by atoms with Crippen LogP contribution in [0.3, 0.4) is 0 Å². The zero-order chi connectivity index (χ0) is 13.6. The number of aromatic nitrogens is 4. The molecule has 4 unspecified atom stereocenters. The van der Waals surface area contributed by atoms with Crippen LogP contribution in [0, 0.1) is 0 Å². The molecule has 3 N–H and O–H groups in total. The molecule has 0 saturated carbocycles. The molecule has 0 radical (unpaired) electrons. The molecule has 1 aliphatic heterocycles. The number of imidazole rings is 1. The van der Waals surface area contributed by atoms with E-state index in [4.69, 9.17) is 10.5 Å². The predicted octanol–water partition coefficient (Wildman–Crippen LogP) is 0.415. The van der Waals surface area contributed by atoms with Crippen molar-refractivity contribution in [3.8, 4) is 0 Å². The predicted molar refractivity (Wildman–Crippen MR) is 64.8 cm³/mol. The van der Waals surface area contributed by atoms with E-state index in [0.29, 0.717) is 11.2 Å². The first kappa shape index (κ1) is 12.2. The molecule has 1 fully saturated rings. The highest BCUT2D eigenvalue weighted by atomic mass is 19.1. The summed E-state index contributed by atoms with van der Waals surface area (Å²) in [6, 6.07) is 0. The summed E-state index contributed by atoms with van der Waals surface area (Å²) in [7, 11) is 0. The highest BCUT2D eigenvalue weighted by Gasteiger charge is 2.39. The minimum atomic E-state index is -1.23. The smallest absolute Gasteiger partial charge is 0.168 e. The number of hydrogen-bond donors (Lipinski definition) is 2. The lowest BCUT2D eigenvalue weighted by Gasteiger charge is -2.17. The number of anilines is 1. The number of aliphatic hydroxyl groups is 1. The van der Waals surface area contributed by atoms with Gasteiger partial charge >= 0.3 is 0 Å². The van der Waals surface area contributed by atoms with Crippen molar-refractivity contribution in [1.29, 1.82) is 0 Å². The van der Waals surface area contributed by atoms with Crippen LogP contribution in [-0.4, -0.2) is 43.0 Å². The van der Waals surface area contributed by atoms with Crippen LogP contribution in [-0.2, 0) is 4.74 Å². The summed E-state index contributed by atoms with van der Waals surface area (Å²) in [5.74, 6) is 0.240. The Labute approximate surface area is 108 Å². The lowest BCUT2D eigenvalue weighted by atomic mass is 10.1. The molecule has 0 bridgehead atoms. The third-order valence-corrected chi connectivity index (χ3v) is 3.28. The van der Waals surface area contributed by atoms with Crippen molar-refractivity contribution in [2.75, 3.05) is 5.73 Å². The van der Waals surface area contributed by atoms with Gasteiger partial charge in [0.25, 0.3) is 0 Å².